The summed E-state index contributed by atoms with van der Waals surface area (Å²) in [4.78, 5) is 11.8. The van der Waals surface area contributed by atoms with Gasteiger partial charge in [-0.3, -0.25) is 4.79 Å². The minimum atomic E-state index is -0.522. The van der Waals surface area contributed by atoms with Crippen LogP contribution in [0, 0.1) is 10.5 Å². The topological polar surface area (TPSA) is 81.9 Å². The third kappa shape index (κ3) is 3.72. The molecule has 2 rings (SSSR count). The Morgan fingerprint density at radius 3 is 2.71 bits per heavy atom. The molecule has 0 saturated heterocycles. The quantitative estimate of drug-likeness (QED) is 0.424. The fourth-order valence-electron chi connectivity index (χ4n) is 1.75. The molecule has 0 bridgehead atoms. The maximum Gasteiger partial charge on any atom is 0.275 e. The van der Waals surface area contributed by atoms with E-state index in [1.165, 1.54) is 18.3 Å². The number of rotatable bonds is 3. The predicted octanol–water partition coefficient (Wildman–Crippen LogP) is 2.77. The normalized spacial score (nSPS) is 10.8. The lowest BCUT2D eigenvalue weighted by molar-refractivity contribution is 0.0952. The van der Waals surface area contributed by atoms with Gasteiger partial charge in [-0.15, -0.1) is 0 Å². The number of phenolic OH excluding ortho intramolecular Hbond substituents is 2. The van der Waals surface area contributed by atoms with E-state index < -0.39 is 5.91 Å². The average Bonchev–Trinajstić information content (AvgIpc) is 2.44. The lowest BCUT2D eigenvalue weighted by atomic mass is 10.1. The van der Waals surface area contributed by atoms with Crippen molar-refractivity contribution in [3.63, 3.8) is 0 Å². The van der Waals surface area contributed by atoms with Crippen molar-refractivity contribution in [1.82, 2.24) is 5.43 Å². The summed E-state index contributed by atoms with van der Waals surface area (Å²) in [7, 11) is 0. The SMILES string of the molecule is Cc1cc(I)cc(/C=N\NC(=O)c2ccccc2O)c1O. The molecule has 0 fully saturated rings. The molecule has 5 nitrogen and oxygen atoms in total. The summed E-state index contributed by atoms with van der Waals surface area (Å²) in [6.45, 7) is 1.79. The summed E-state index contributed by atoms with van der Waals surface area (Å²) in [5.41, 5.74) is 3.69. The number of hydrogen-bond donors (Lipinski definition) is 3. The second-order valence-corrected chi connectivity index (χ2v) is 5.62. The number of carbonyl (C=O) groups is 1. The van der Waals surface area contributed by atoms with E-state index in [2.05, 4.69) is 33.1 Å². The third-order valence-electron chi connectivity index (χ3n) is 2.81. The largest absolute Gasteiger partial charge is 0.507 e. The van der Waals surface area contributed by atoms with Gasteiger partial charge in [-0.05, 0) is 59.3 Å². The Morgan fingerprint density at radius 1 is 1.29 bits per heavy atom. The number of nitrogens with one attached hydrogen (secondary N) is 1. The Hall–Kier alpha value is -2.09. The summed E-state index contributed by atoms with van der Waals surface area (Å²) < 4.78 is 0.955. The first kappa shape index (κ1) is 15.3. The van der Waals surface area contributed by atoms with E-state index in [1.807, 2.05) is 6.07 Å². The standard InChI is InChI=1S/C15H13IN2O3/c1-9-6-11(16)7-10(14(9)20)8-17-18-15(21)12-4-2-3-5-13(12)19/h2-8,19-20H,1H3,(H,18,21)/b17-8-. The predicted molar refractivity (Wildman–Crippen MR) is 88.7 cm³/mol. The van der Waals surface area contributed by atoms with Crippen molar-refractivity contribution in [3.8, 4) is 11.5 Å². The molecule has 3 N–H and O–H groups in total. The summed E-state index contributed by atoms with van der Waals surface area (Å²) in [6, 6.07) is 9.78. The van der Waals surface area contributed by atoms with Crippen molar-refractivity contribution in [2.75, 3.05) is 0 Å². The van der Waals surface area contributed by atoms with Crippen molar-refractivity contribution in [3.05, 3.63) is 56.7 Å². The van der Waals surface area contributed by atoms with Gasteiger partial charge in [0.25, 0.3) is 5.91 Å². The lowest BCUT2D eigenvalue weighted by Gasteiger charge is -2.04. The monoisotopic (exact) mass is 396 g/mol. The molecule has 2 aromatic rings. The molecule has 2 aromatic carbocycles. The third-order valence-corrected chi connectivity index (χ3v) is 3.44. The van der Waals surface area contributed by atoms with Crippen LogP contribution in [0.4, 0.5) is 0 Å². The molecular weight excluding hydrogens is 383 g/mol. The molecule has 0 aliphatic heterocycles. The average molecular weight is 396 g/mol. The van der Waals surface area contributed by atoms with Crippen LogP contribution in [-0.2, 0) is 0 Å². The molecule has 6 heteroatoms. The molecule has 0 aliphatic rings. The number of amides is 1. The summed E-state index contributed by atoms with van der Waals surface area (Å²) >= 11 is 2.13. The van der Waals surface area contributed by atoms with Gasteiger partial charge in [0, 0.05) is 9.13 Å². The van der Waals surface area contributed by atoms with E-state index >= 15 is 0 Å². The van der Waals surface area contributed by atoms with Crippen molar-refractivity contribution in [2.45, 2.75) is 6.92 Å². The summed E-state index contributed by atoms with van der Waals surface area (Å²) in [5, 5.41) is 23.3. The second-order valence-electron chi connectivity index (χ2n) is 4.38. The van der Waals surface area contributed by atoms with Gasteiger partial charge in [-0.1, -0.05) is 12.1 Å². The maximum atomic E-state index is 11.8. The number of halogens is 1. The van der Waals surface area contributed by atoms with Crippen molar-refractivity contribution in [2.24, 2.45) is 5.10 Å². The fraction of sp³-hybridized carbons (Fsp3) is 0.0667. The van der Waals surface area contributed by atoms with Gasteiger partial charge >= 0.3 is 0 Å². The number of hydrazone groups is 1. The molecule has 0 aliphatic carbocycles. The van der Waals surface area contributed by atoms with Gasteiger partial charge in [0.1, 0.15) is 11.5 Å². The maximum absolute atomic E-state index is 11.8. The Balaban J connectivity index is 2.13. The highest BCUT2D eigenvalue weighted by Crippen LogP contribution is 2.23. The number of benzene rings is 2. The van der Waals surface area contributed by atoms with Crippen molar-refractivity contribution >= 4 is 34.7 Å². The molecule has 0 unspecified atom stereocenters. The summed E-state index contributed by atoms with van der Waals surface area (Å²) in [5.74, 6) is -0.514. The van der Waals surface area contributed by atoms with Gasteiger partial charge in [-0.2, -0.15) is 5.10 Å². The van der Waals surface area contributed by atoms with E-state index in [-0.39, 0.29) is 17.1 Å². The van der Waals surface area contributed by atoms with Crippen LogP contribution < -0.4 is 5.43 Å². The smallest absolute Gasteiger partial charge is 0.275 e. The second kappa shape index (κ2) is 6.57. The molecule has 0 spiro atoms. The fourth-order valence-corrected chi connectivity index (χ4v) is 2.55. The van der Waals surface area contributed by atoms with E-state index in [0.29, 0.717) is 5.56 Å². The zero-order chi connectivity index (χ0) is 15.4. The first-order chi connectivity index (χ1) is 9.99. The summed E-state index contributed by atoms with van der Waals surface area (Å²) in [6.07, 6.45) is 1.36. The Bertz CT molecular complexity index is 714. The highest BCUT2D eigenvalue weighted by atomic mass is 127. The number of hydrogen-bond acceptors (Lipinski definition) is 4. The molecule has 0 heterocycles. The molecule has 0 atom stereocenters. The van der Waals surface area contributed by atoms with Gasteiger partial charge < -0.3 is 10.2 Å². The molecule has 108 valence electrons. The first-order valence-corrected chi connectivity index (χ1v) is 7.17. The Morgan fingerprint density at radius 2 is 2.00 bits per heavy atom. The highest BCUT2D eigenvalue weighted by molar-refractivity contribution is 14.1. The Kier molecular flexibility index (Phi) is 4.79. The van der Waals surface area contributed by atoms with Gasteiger partial charge in [0.15, 0.2) is 0 Å². The number of aromatic hydroxyl groups is 2. The zero-order valence-corrected chi connectivity index (χ0v) is 13.3. The van der Waals surface area contributed by atoms with Crippen LogP contribution in [0.5, 0.6) is 11.5 Å². The molecule has 0 aromatic heterocycles. The van der Waals surface area contributed by atoms with E-state index in [1.54, 1.807) is 25.1 Å². The number of nitrogens with zero attached hydrogens (tertiary/aromatic N) is 1. The van der Waals surface area contributed by atoms with E-state index in [4.69, 9.17) is 0 Å². The highest BCUT2D eigenvalue weighted by Gasteiger charge is 2.09. The molecule has 21 heavy (non-hydrogen) atoms. The van der Waals surface area contributed by atoms with Crippen LogP contribution in [0.1, 0.15) is 21.5 Å². The van der Waals surface area contributed by atoms with Crippen LogP contribution >= 0.6 is 22.6 Å². The van der Waals surface area contributed by atoms with Crippen LogP contribution in [-0.4, -0.2) is 22.3 Å². The lowest BCUT2D eigenvalue weighted by Crippen LogP contribution is -2.17. The van der Waals surface area contributed by atoms with Crippen LogP contribution in [0.15, 0.2) is 41.5 Å². The van der Waals surface area contributed by atoms with Crippen LogP contribution in [0.25, 0.3) is 0 Å². The molecular formula is C15H13IN2O3. The van der Waals surface area contributed by atoms with E-state index in [9.17, 15) is 15.0 Å². The van der Waals surface area contributed by atoms with Gasteiger partial charge in [-0.25, -0.2) is 5.43 Å². The van der Waals surface area contributed by atoms with Gasteiger partial charge in [0.05, 0.1) is 11.8 Å². The first-order valence-electron chi connectivity index (χ1n) is 6.09. The number of para-hydroxylation sites is 1. The zero-order valence-electron chi connectivity index (χ0n) is 11.2. The molecule has 1 amide bonds. The van der Waals surface area contributed by atoms with Crippen molar-refractivity contribution < 1.29 is 15.0 Å². The van der Waals surface area contributed by atoms with Crippen LogP contribution in [0.2, 0.25) is 0 Å². The minimum Gasteiger partial charge on any atom is -0.507 e. The van der Waals surface area contributed by atoms with Crippen molar-refractivity contribution in [1.29, 1.82) is 0 Å². The Labute approximate surface area is 135 Å². The minimum absolute atomic E-state index is 0.113. The molecule has 0 radical (unpaired) electrons. The number of carbonyl (C=O) groups excluding carboxylic acids is 1. The molecule has 0 saturated carbocycles. The van der Waals surface area contributed by atoms with Gasteiger partial charge in [0.2, 0.25) is 0 Å². The van der Waals surface area contributed by atoms with E-state index in [0.717, 1.165) is 9.13 Å². The number of phenols is 2. The number of aryl methyl sites for hydroxylation is 1. The van der Waals surface area contributed by atoms with Crippen LogP contribution in [0.3, 0.4) is 0 Å².